The predicted molar refractivity (Wildman–Crippen MR) is 109 cm³/mol. The number of guanidine groups is 1. The van der Waals surface area contributed by atoms with Gasteiger partial charge in [0.2, 0.25) is 0 Å². The first-order valence-electron chi connectivity index (χ1n) is 9.22. The second-order valence-electron chi connectivity index (χ2n) is 6.55. The Balaban J connectivity index is 1.78. The van der Waals surface area contributed by atoms with Gasteiger partial charge in [0.1, 0.15) is 5.82 Å². The van der Waals surface area contributed by atoms with Crippen LogP contribution in [0.3, 0.4) is 0 Å². The van der Waals surface area contributed by atoms with E-state index in [2.05, 4.69) is 32.7 Å². The van der Waals surface area contributed by atoms with Crippen LogP contribution in [-0.4, -0.2) is 17.5 Å². The molecule has 0 amide bonds. The first kappa shape index (κ1) is 18.8. The third kappa shape index (κ3) is 4.61. The molecule has 1 unspecified atom stereocenters. The summed E-state index contributed by atoms with van der Waals surface area (Å²) in [4.78, 5) is 9.16. The Morgan fingerprint density at radius 2 is 2.00 bits per heavy atom. The minimum absolute atomic E-state index is 0.0709. The molecule has 0 saturated heterocycles. The summed E-state index contributed by atoms with van der Waals surface area (Å²) in [5, 5.41) is 8.85. The van der Waals surface area contributed by atoms with Gasteiger partial charge in [0.25, 0.3) is 0 Å². The van der Waals surface area contributed by atoms with Crippen molar-refractivity contribution in [1.29, 1.82) is 0 Å². The Bertz CT molecular complexity index is 947. The summed E-state index contributed by atoms with van der Waals surface area (Å²) in [6.07, 6.45) is 1.81. The summed E-state index contributed by atoms with van der Waals surface area (Å²) in [5.74, 6) is 0.490. The lowest BCUT2D eigenvalue weighted by Crippen LogP contribution is -2.38. The van der Waals surface area contributed by atoms with Crippen molar-refractivity contribution >= 4 is 16.7 Å². The van der Waals surface area contributed by atoms with Gasteiger partial charge in [-0.3, -0.25) is 4.98 Å². The van der Waals surface area contributed by atoms with Crippen LogP contribution in [0, 0.1) is 12.7 Å². The zero-order valence-electron chi connectivity index (χ0n) is 16.0. The second kappa shape index (κ2) is 8.62. The molecule has 5 heteroatoms. The zero-order chi connectivity index (χ0) is 19.2. The molecular formula is C22H25FN4. The van der Waals surface area contributed by atoms with Crippen LogP contribution < -0.4 is 10.6 Å². The molecule has 1 atom stereocenters. The topological polar surface area (TPSA) is 49.3 Å². The third-order valence-corrected chi connectivity index (χ3v) is 4.54. The molecule has 2 aromatic carbocycles. The molecular weight excluding hydrogens is 339 g/mol. The Kier molecular flexibility index (Phi) is 6.01. The molecule has 3 aromatic rings. The van der Waals surface area contributed by atoms with Gasteiger partial charge in [0, 0.05) is 18.1 Å². The molecule has 0 aliphatic heterocycles. The van der Waals surface area contributed by atoms with Gasteiger partial charge in [-0.1, -0.05) is 36.4 Å². The summed E-state index contributed by atoms with van der Waals surface area (Å²) in [6.45, 7) is 6.98. The van der Waals surface area contributed by atoms with Crippen LogP contribution in [0.5, 0.6) is 0 Å². The van der Waals surface area contributed by atoms with Crippen molar-refractivity contribution < 1.29 is 4.39 Å². The minimum atomic E-state index is -0.192. The van der Waals surface area contributed by atoms with Crippen molar-refractivity contribution in [3.63, 3.8) is 0 Å². The van der Waals surface area contributed by atoms with E-state index in [1.165, 1.54) is 0 Å². The van der Waals surface area contributed by atoms with Gasteiger partial charge in [0.15, 0.2) is 5.96 Å². The van der Waals surface area contributed by atoms with Gasteiger partial charge in [-0.25, -0.2) is 9.38 Å². The van der Waals surface area contributed by atoms with Crippen LogP contribution in [0.2, 0.25) is 0 Å². The van der Waals surface area contributed by atoms with Crippen molar-refractivity contribution in [2.24, 2.45) is 4.99 Å². The van der Waals surface area contributed by atoms with Gasteiger partial charge in [0.05, 0.1) is 18.3 Å². The van der Waals surface area contributed by atoms with E-state index in [4.69, 9.17) is 0 Å². The molecule has 0 radical (unpaired) electrons. The van der Waals surface area contributed by atoms with Crippen LogP contribution in [0.1, 0.15) is 36.7 Å². The number of halogens is 1. The van der Waals surface area contributed by atoms with Crippen LogP contribution in [-0.2, 0) is 6.54 Å². The Morgan fingerprint density at radius 3 is 2.78 bits per heavy atom. The number of aryl methyl sites for hydroxylation is 1. The summed E-state index contributed by atoms with van der Waals surface area (Å²) in [7, 11) is 0. The maximum atomic E-state index is 13.9. The van der Waals surface area contributed by atoms with E-state index < -0.39 is 0 Å². The lowest BCUT2D eigenvalue weighted by Gasteiger charge is -2.18. The number of aromatic nitrogens is 1. The third-order valence-electron chi connectivity index (χ3n) is 4.54. The molecule has 1 aromatic heterocycles. The summed E-state index contributed by atoms with van der Waals surface area (Å²) < 4.78 is 13.9. The Morgan fingerprint density at radius 1 is 1.19 bits per heavy atom. The fourth-order valence-electron chi connectivity index (χ4n) is 2.95. The Hall–Kier alpha value is -2.95. The second-order valence-corrected chi connectivity index (χ2v) is 6.55. The van der Waals surface area contributed by atoms with Crippen LogP contribution >= 0.6 is 0 Å². The molecule has 0 aliphatic carbocycles. The van der Waals surface area contributed by atoms with E-state index >= 15 is 0 Å². The smallest absolute Gasteiger partial charge is 0.192 e. The van der Waals surface area contributed by atoms with Gasteiger partial charge in [-0.15, -0.1) is 0 Å². The molecule has 4 nitrogen and oxygen atoms in total. The van der Waals surface area contributed by atoms with Crippen LogP contribution in [0.15, 0.2) is 59.7 Å². The number of nitrogens with zero attached hydrogens (tertiary/aromatic N) is 2. The SMILES string of the molecule is CCNC(=NCc1nccc2ccccc12)NC(C)c1ccc(C)c(F)c1. The molecule has 0 spiro atoms. The highest BCUT2D eigenvalue weighted by molar-refractivity contribution is 5.85. The van der Waals surface area contributed by atoms with Crippen molar-refractivity contribution in [3.05, 3.63) is 77.4 Å². The molecule has 2 N–H and O–H groups in total. The first-order chi connectivity index (χ1) is 13.1. The van der Waals surface area contributed by atoms with Crippen molar-refractivity contribution in [2.75, 3.05) is 6.54 Å². The number of benzene rings is 2. The van der Waals surface area contributed by atoms with E-state index in [1.807, 2.05) is 44.3 Å². The fraction of sp³-hybridized carbons (Fsp3) is 0.273. The van der Waals surface area contributed by atoms with E-state index in [0.29, 0.717) is 18.1 Å². The average Bonchev–Trinajstić information content (AvgIpc) is 2.68. The van der Waals surface area contributed by atoms with Crippen LogP contribution in [0.25, 0.3) is 10.8 Å². The lowest BCUT2D eigenvalue weighted by atomic mass is 10.1. The number of hydrogen-bond acceptors (Lipinski definition) is 2. The Labute approximate surface area is 159 Å². The van der Waals surface area contributed by atoms with Gasteiger partial charge in [-0.2, -0.15) is 0 Å². The molecule has 1 heterocycles. The maximum Gasteiger partial charge on any atom is 0.192 e. The van der Waals surface area contributed by atoms with E-state index in [0.717, 1.165) is 28.6 Å². The average molecular weight is 364 g/mol. The summed E-state index contributed by atoms with van der Waals surface area (Å²) in [6, 6.07) is 15.4. The molecule has 0 saturated carbocycles. The fourth-order valence-corrected chi connectivity index (χ4v) is 2.95. The molecule has 27 heavy (non-hydrogen) atoms. The maximum absolute atomic E-state index is 13.9. The van der Waals surface area contributed by atoms with Crippen molar-refractivity contribution in [1.82, 2.24) is 15.6 Å². The number of nitrogens with one attached hydrogen (secondary N) is 2. The number of aliphatic imine (C=N–C) groups is 1. The highest BCUT2D eigenvalue weighted by Crippen LogP contribution is 2.18. The van der Waals surface area contributed by atoms with Crippen molar-refractivity contribution in [2.45, 2.75) is 33.4 Å². The van der Waals surface area contributed by atoms with Gasteiger partial charge >= 0.3 is 0 Å². The molecule has 0 fully saturated rings. The zero-order valence-corrected chi connectivity index (χ0v) is 16.0. The monoisotopic (exact) mass is 364 g/mol. The predicted octanol–water partition coefficient (Wildman–Crippen LogP) is 4.50. The number of pyridine rings is 1. The number of rotatable bonds is 5. The highest BCUT2D eigenvalue weighted by atomic mass is 19.1. The molecule has 0 aliphatic rings. The van der Waals surface area contributed by atoms with E-state index in [1.54, 1.807) is 19.1 Å². The van der Waals surface area contributed by atoms with Crippen molar-refractivity contribution in [3.8, 4) is 0 Å². The van der Waals surface area contributed by atoms with Gasteiger partial charge < -0.3 is 10.6 Å². The van der Waals surface area contributed by atoms with Crippen LogP contribution in [0.4, 0.5) is 4.39 Å². The van der Waals surface area contributed by atoms with E-state index in [9.17, 15) is 4.39 Å². The summed E-state index contributed by atoms with van der Waals surface area (Å²) >= 11 is 0. The largest absolute Gasteiger partial charge is 0.357 e. The summed E-state index contributed by atoms with van der Waals surface area (Å²) in [5.41, 5.74) is 2.46. The highest BCUT2D eigenvalue weighted by Gasteiger charge is 2.10. The minimum Gasteiger partial charge on any atom is -0.357 e. The quantitative estimate of drug-likeness (QED) is 0.518. The normalized spacial score (nSPS) is 12.8. The number of fused-ring (bicyclic) bond motifs is 1. The first-order valence-corrected chi connectivity index (χ1v) is 9.22. The van der Waals surface area contributed by atoms with E-state index in [-0.39, 0.29) is 11.9 Å². The molecule has 140 valence electrons. The lowest BCUT2D eigenvalue weighted by molar-refractivity contribution is 0.607. The number of hydrogen-bond donors (Lipinski definition) is 2. The standard InChI is InChI=1S/C22H25FN4/c1-4-24-22(27-16(3)18-10-9-15(2)20(23)13-18)26-14-21-19-8-6-5-7-17(19)11-12-25-21/h5-13,16H,4,14H2,1-3H3,(H2,24,26,27). The molecule has 3 rings (SSSR count). The van der Waals surface area contributed by atoms with Gasteiger partial charge in [-0.05, 0) is 49.4 Å². The molecule has 0 bridgehead atoms.